The smallest absolute Gasteiger partial charge is 0.410 e. The highest BCUT2D eigenvalue weighted by atomic mass is 35.5. The van der Waals surface area contributed by atoms with Crippen LogP contribution in [-0.4, -0.2) is 49.7 Å². The van der Waals surface area contributed by atoms with E-state index in [0.717, 1.165) is 25.7 Å². The van der Waals surface area contributed by atoms with Gasteiger partial charge in [-0.1, -0.05) is 11.6 Å². The molecular formula is C19H24ClN5O2. The highest BCUT2D eigenvalue weighted by Crippen LogP contribution is 2.38. The molecule has 8 heteroatoms. The Hall–Kier alpha value is -2.15. The van der Waals surface area contributed by atoms with E-state index in [2.05, 4.69) is 20.3 Å². The minimum Gasteiger partial charge on any atom is -0.444 e. The van der Waals surface area contributed by atoms with Crippen LogP contribution in [0.1, 0.15) is 46.5 Å². The summed E-state index contributed by atoms with van der Waals surface area (Å²) in [5.41, 5.74) is 0.950. The zero-order valence-electron chi connectivity index (χ0n) is 15.8. The van der Waals surface area contributed by atoms with E-state index in [1.54, 1.807) is 18.5 Å². The quantitative estimate of drug-likeness (QED) is 0.781. The van der Waals surface area contributed by atoms with Crippen LogP contribution in [0.3, 0.4) is 0 Å². The lowest BCUT2D eigenvalue weighted by molar-refractivity contribution is 0.00683. The second-order valence-electron chi connectivity index (χ2n) is 8.30. The topological polar surface area (TPSA) is 80.2 Å². The summed E-state index contributed by atoms with van der Waals surface area (Å²) in [6, 6.07) is 2.29. The molecule has 0 aromatic carbocycles. The molecule has 1 amide bonds. The lowest BCUT2D eigenvalue weighted by atomic mass is 9.97. The highest BCUT2D eigenvalue weighted by Gasteiger charge is 2.45. The first-order chi connectivity index (χ1) is 12.8. The summed E-state index contributed by atoms with van der Waals surface area (Å²) in [5.74, 6) is 0.653. The lowest BCUT2D eigenvalue weighted by Crippen LogP contribution is -2.51. The number of carbonyl (C=O) groups excluding carboxylic acids is 1. The Morgan fingerprint density at radius 2 is 1.89 bits per heavy atom. The summed E-state index contributed by atoms with van der Waals surface area (Å²) in [5, 5.41) is 3.88. The van der Waals surface area contributed by atoms with E-state index in [0.29, 0.717) is 22.0 Å². The molecular weight excluding hydrogens is 366 g/mol. The van der Waals surface area contributed by atoms with Crippen LogP contribution in [0.2, 0.25) is 5.15 Å². The van der Waals surface area contributed by atoms with Gasteiger partial charge in [-0.05, 0) is 46.5 Å². The zero-order valence-corrected chi connectivity index (χ0v) is 16.5. The van der Waals surface area contributed by atoms with Gasteiger partial charge in [0.05, 0.1) is 5.52 Å². The number of nitrogens with zero attached hydrogens (tertiary/aromatic N) is 4. The van der Waals surface area contributed by atoms with Crippen molar-refractivity contribution in [3.63, 3.8) is 0 Å². The van der Waals surface area contributed by atoms with Crippen molar-refractivity contribution in [2.75, 3.05) is 5.32 Å². The third-order valence-electron chi connectivity index (χ3n) is 5.10. The Morgan fingerprint density at radius 3 is 2.56 bits per heavy atom. The Kier molecular flexibility index (Phi) is 4.58. The van der Waals surface area contributed by atoms with Crippen LogP contribution in [0.4, 0.5) is 10.6 Å². The molecule has 27 heavy (non-hydrogen) atoms. The van der Waals surface area contributed by atoms with E-state index >= 15 is 0 Å². The number of pyridine rings is 1. The van der Waals surface area contributed by atoms with Gasteiger partial charge in [-0.3, -0.25) is 4.98 Å². The second-order valence-corrected chi connectivity index (χ2v) is 8.69. The Labute approximate surface area is 163 Å². The predicted molar refractivity (Wildman–Crippen MR) is 104 cm³/mol. The van der Waals surface area contributed by atoms with Crippen molar-refractivity contribution in [2.24, 2.45) is 0 Å². The van der Waals surface area contributed by atoms with Gasteiger partial charge in [-0.25, -0.2) is 14.8 Å². The molecule has 7 nitrogen and oxygen atoms in total. The Morgan fingerprint density at radius 1 is 1.22 bits per heavy atom. The molecule has 0 saturated carbocycles. The van der Waals surface area contributed by atoms with Gasteiger partial charge in [0.2, 0.25) is 0 Å². The molecule has 2 fully saturated rings. The standard InChI is InChI=1S/C19H24ClN5O2/c1-19(2,3)27-18(26)25-12-4-5-13(25)9-11(8-12)23-17-16-14(10-15(20)24-17)21-6-7-22-16/h6-7,10-13H,4-5,8-9H2,1-3H3,(H,23,24)/t11?,12-,13+. The number of piperidine rings is 1. The van der Waals surface area contributed by atoms with Crippen LogP contribution < -0.4 is 5.32 Å². The van der Waals surface area contributed by atoms with E-state index in [-0.39, 0.29) is 24.2 Å². The largest absolute Gasteiger partial charge is 0.444 e. The number of hydrogen-bond acceptors (Lipinski definition) is 6. The molecule has 0 spiro atoms. The number of hydrogen-bond donors (Lipinski definition) is 1. The Balaban J connectivity index is 1.51. The molecule has 0 radical (unpaired) electrons. The Bertz CT molecular complexity index is 855. The maximum absolute atomic E-state index is 12.6. The van der Waals surface area contributed by atoms with Crippen LogP contribution in [0, 0.1) is 0 Å². The van der Waals surface area contributed by atoms with Gasteiger partial charge in [-0.2, -0.15) is 0 Å². The summed E-state index contributed by atoms with van der Waals surface area (Å²) in [6.45, 7) is 5.70. The highest BCUT2D eigenvalue weighted by molar-refractivity contribution is 6.30. The summed E-state index contributed by atoms with van der Waals surface area (Å²) in [6.07, 6.45) is 6.81. The maximum atomic E-state index is 12.6. The SMILES string of the molecule is CC(C)(C)OC(=O)N1[C@@H]2CC[C@H]1CC(Nc1nc(Cl)cc3nccnc13)C2. The molecule has 1 N–H and O–H groups in total. The van der Waals surface area contributed by atoms with Crippen LogP contribution in [0.25, 0.3) is 11.0 Å². The fraction of sp³-hybridized carbons (Fsp3) is 0.579. The molecule has 4 heterocycles. The first kappa shape index (κ1) is 18.2. The van der Waals surface area contributed by atoms with Gasteiger partial charge >= 0.3 is 6.09 Å². The van der Waals surface area contributed by atoms with Crippen LogP contribution in [0.15, 0.2) is 18.5 Å². The normalized spacial score (nSPS) is 24.9. The zero-order chi connectivity index (χ0) is 19.2. The summed E-state index contributed by atoms with van der Waals surface area (Å²) < 4.78 is 5.60. The first-order valence-corrected chi connectivity index (χ1v) is 9.73. The number of halogens is 1. The summed E-state index contributed by atoms with van der Waals surface area (Å²) >= 11 is 6.15. The van der Waals surface area contributed by atoms with Gasteiger partial charge in [0, 0.05) is 36.6 Å². The maximum Gasteiger partial charge on any atom is 0.410 e. The molecule has 1 unspecified atom stereocenters. The monoisotopic (exact) mass is 389 g/mol. The van der Waals surface area contributed by atoms with E-state index in [4.69, 9.17) is 16.3 Å². The first-order valence-electron chi connectivity index (χ1n) is 9.35. The molecule has 3 atom stereocenters. The minimum absolute atomic E-state index is 0.188. The van der Waals surface area contributed by atoms with Crippen LogP contribution in [-0.2, 0) is 4.74 Å². The number of rotatable bonds is 2. The fourth-order valence-corrected chi connectivity index (χ4v) is 4.33. The van der Waals surface area contributed by atoms with Gasteiger partial charge in [0.25, 0.3) is 0 Å². The number of nitrogens with one attached hydrogen (secondary N) is 1. The van der Waals surface area contributed by atoms with Gasteiger partial charge in [0.1, 0.15) is 16.3 Å². The van der Waals surface area contributed by atoms with Gasteiger partial charge in [0.15, 0.2) is 5.82 Å². The number of fused-ring (bicyclic) bond motifs is 3. The summed E-state index contributed by atoms with van der Waals surface area (Å²) in [4.78, 5) is 27.7. The van der Waals surface area contributed by atoms with Crippen molar-refractivity contribution in [1.29, 1.82) is 0 Å². The van der Waals surface area contributed by atoms with Gasteiger partial charge < -0.3 is 15.0 Å². The summed E-state index contributed by atoms with van der Waals surface area (Å²) in [7, 11) is 0. The molecule has 4 rings (SSSR count). The number of amides is 1. The van der Waals surface area contributed by atoms with E-state index in [1.807, 2.05) is 25.7 Å². The molecule has 0 aliphatic carbocycles. The van der Waals surface area contributed by atoms with Crippen molar-refractivity contribution in [1.82, 2.24) is 19.9 Å². The lowest BCUT2D eigenvalue weighted by Gasteiger charge is -2.39. The molecule has 2 aromatic heterocycles. The van der Waals surface area contributed by atoms with Crippen LogP contribution in [0.5, 0.6) is 0 Å². The van der Waals surface area contributed by atoms with Crippen molar-refractivity contribution in [3.05, 3.63) is 23.6 Å². The predicted octanol–water partition coefficient (Wildman–Crippen LogP) is 4.02. The molecule has 2 aromatic rings. The average molecular weight is 390 g/mol. The van der Waals surface area contributed by atoms with Crippen LogP contribution >= 0.6 is 11.6 Å². The third kappa shape index (κ3) is 3.78. The number of ether oxygens (including phenoxy) is 1. The fourth-order valence-electron chi connectivity index (χ4n) is 4.14. The van der Waals surface area contributed by atoms with E-state index < -0.39 is 5.60 Å². The number of carbonyl (C=O) groups is 1. The number of anilines is 1. The van der Waals surface area contributed by atoms with Crippen molar-refractivity contribution in [3.8, 4) is 0 Å². The van der Waals surface area contributed by atoms with Gasteiger partial charge in [-0.15, -0.1) is 0 Å². The molecule has 2 aliphatic heterocycles. The number of aromatic nitrogens is 3. The molecule has 144 valence electrons. The van der Waals surface area contributed by atoms with E-state index in [9.17, 15) is 4.79 Å². The molecule has 2 aliphatic rings. The third-order valence-corrected chi connectivity index (χ3v) is 5.30. The second kappa shape index (κ2) is 6.78. The van der Waals surface area contributed by atoms with E-state index in [1.165, 1.54) is 0 Å². The minimum atomic E-state index is -0.478. The molecule has 2 bridgehead atoms. The van der Waals surface area contributed by atoms with Crippen molar-refractivity contribution in [2.45, 2.75) is 70.2 Å². The van der Waals surface area contributed by atoms with Crippen molar-refractivity contribution >= 4 is 34.5 Å². The average Bonchev–Trinajstić information content (AvgIpc) is 2.85. The molecule has 2 saturated heterocycles. The van der Waals surface area contributed by atoms with Crippen molar-refractivity contribution < 1.29 is 9.53 Å².